The minimum absolute atomic E-state index is 0.0114. The molecule has 0 atom stereocenters. The average Bonchev–Trinajstić information content (AvgIpc) is 3.36. The van der Waals surface area contributed by atoms with E-state index in [1.54, 1.807) is 13.2 Å². The summed E-state index contributed by atoms with van der Waals surface area (Å²) >= 11 is 1.39. The number of nitrogens with zero attached hydrogens (tertiary/aromatic N) is 5. The highest BCUT2D eigenvalue weighted by molar-refractivity contribution is 7.13. The lowest BCUT2D eigenvalue weighted by atomic mass is 9.84. The number of carbonyl (C=O) groups excluding carboxylic acids is 1. The standard InChI is InChI=1S/C22H32F2N6O2S/c1-22(23,24)14-32-21-27-18-13-30(10-8-19(18)33-21)9-7-15-3-5-16(6-4-15)26-20(31)11-17-12-25-29(2)28-17/h12,15-16H,3-11,13-14H2,1-2H3,(H,26,31)/t15-,16-. The van der Waals surface area contributed by atoms with Crippen LogP contribution >= 0.6 is 11.3 Å². The van der Waals surface area contributed by atoms with Crippen LogP contribution < -0.4 is 10.1 Å². The lowest BCUT2D eigenvalue weighted by molar-refractivity contribution is -0.121. The molecule has 0 unspecified atom stereocenters. The molecule has 0 spiro atoms. The third kappa shape index (κ3) is 7.17. The summed E-state index contributed by atoms with van der Waals surface area (Å²) in [5.41, 5.74) is 1.66. The Morgan fingerprint density at radius 2 is 2.12 bits per heavy atom. The zero-order valence-electron chi connectivity index (χ0n) is 19.2. The molecule has 1 aliphatic heterocycles. The Hall–Kier alpha value is -2.14. The van der Waals surface area contributed by atoms with E-state index in [-0.39, 0.29) is 18.4 Å². The fourth-order valence-corrected chi connectivity index (χ4v) is 5.45. The third-order valence-electron chi connectivity index (χ3n) is 6.29. The van der Waals surface area contributed by atoms with Gasteiger partial charge in [-0.25, -0.2) is 13.8 Å². The number of hydrogen-bond acceptors (Lipinski definition) is 7. The van der Waals surface area contributed by atoms with Gasteiger partial charge in [-0.15, -0.1) is 0 Å². The SMILES string of the molecule is Cn1ncc(CC(=O)N[C@H]2CC[C@H](CCN3CCc4sc(OCC(C)(F)F)nc4C3)CC2)n1. The van der Waals surface area contributed by atoms with E-state index in [0.717, 1.165) is 75.7 Å². The lowest BCUT2D eigenvalue weighted by Crippen LogP contribution is -2.39. The number of nitrogens with one attached hydrogen (secondary N) is 1. The van der Waals surface area contributed by atoms with Gasteiger partial charge in [-0.1, -0.05) is 11.3 Å². The monoisotopic (exact) mass is 482 g/mol. The van der Waals surface area contributed by atoms with Gasteiger partial charge in [-0.2, -0.15) is 15.0 Å². The number of aromatic nitrogens is 4. The van der Waals surface area contributed by atoms with Gasteiger partial charge in [0.05, 0.1) is 24.0 Å². The number of aryl methyl sites for hydroxylation is 1. The molecule has 2 aromatic rings. The number of halogens is 2. The Bertz CT molecular complexity index is 936. The number of ether oxygens (including phenoxy) is 1. The number of amides is 1. The molecule has 0 radical (unpaired) electrons. The number of hydrogen-bond donors (Lipinski definition) is 1. The molecule has 0 aromatic carbocycles. The highest BCUT2D eigenvalue weighted by atomic mass is 32.1. The van der Waals surface area contributed by atoms with Gasteiger partial charge in [-0.05, 0) is 51.0 Å². The number of alkyl halides is 2. The van der Waals surface area contributed by atoms with Crippen LogP contribution in [0.1, 0.15) is 55.3 Å². The van der Waals surface area contributed by atoms with E-state index in [4.69, 9.17) is 4.74 Å². The molecule has 11 heteroatoms. The smallest absolute Gasteiger partial charge is 0.278 e. The predicted octanol–water partition coefficient (Wildman–Crippen LogP) is 2.97. The van der Waals surface area contributed by atoms with Gasteiger partial charge in [0.2, 0.25) is 5.91 Å². The molecule has 1 aliphatic carbocycles. The first-order chi connectivity index (χ1) is 15.7. The van der Waals surface area contributed by atoms with Gasteiger partial charge < -0.3 is 10.1 Å². The molecule has 0 saturated heterocycles. The highest BCUT2D eigenvalue weighted by Gasteiger charge is 2.27. The van der Waals surface area contributed by atoms with Gasteiger partial charge in [0, 0.05) is 38.0 Å². The fraction of sp³-hybridized carbons (Fsp3) is 0.727. The maximum atomic E-state index is 13.0. The Kier molecular flexibility index (Phi) is 7.58. The quantitative estimate of drug-likeness (QED) is 0.592. The highest BCUT2D eigenvalue weighted by Crippen LogP contribution is 2.32. The van der Waals surface area contributed by atoms with Crippen LogP contribution in [0.5, 0.6) is 5.19 Å². The normalized spacial score (nSPS) is 21.6. The number of fused-ring (bicyclic) bond motifs is 1. The van der Waals surface area contributed by atoms with Crippen molar-refractivity contribution in [1.82, 2.24) is 30.2 Å². The van der Waals surface area contributed by atoms with E-state index >= 15 is 0 Å². The summed E-state index contributed by atoms with van der Waals surface area (Å²) in [7, 11) is 1.74. The summed E-state index contributed by atoms with van der Waals surface area (Å²) < 4.78 is 31.2. The van der Waals surface area contributed by atoms with Crippen LogP contribution in [0.25, 0.3) is 0 Å². The maximum Gasteiger partial charge on any atom is 0.278 e. The van der Waals surface area contributed by atoms with Crippen molar-refractivity contribution in [2.45, 2.75) is 70.4 Å². The molecule has 1 amide bonds. The molecule has 8 nitrogen and oxygen atoms in total. The van der Waals surface area contributed by atoms with Crippen LogP contribution in [0.15, 0.2) is 6.20 Å². The molecule has 3 heterocycles. The summed E-state index contributed by atoms with van der Waals surface area (Å²) in [6, 6.07) is 0.242. The van der Waals surface area contributed by atoms with Crippen molar-refractivity contribution in [3.05, 3.63) is 22.5 Å². The van der Waals surface area contributed by atoms with Gasteiger partial charge in [0.1, 0.15) is 0 Å². The second kappa shape index (κ2) is 10.4. The Labute approximate surface area is 196 Å². The first-order valence-electron chi connectivity index (χ1n) is 11.6. The first-order valence-corrected chi connectivity index (χ1v) is 12.4. The molecule has 0 bridgehead atoms. The molecular weight excluding hydrogens is 450 g/mol. The Morgan fingerprint density at radius 3 is 2.82 bits per heavy atom. The van der Waals surface area contributed by atoms with Crippen molar-refractivity contribution in [3.63, 3.8) is 0 Å². The summed E-state index contributed by atoms with van der Waals surface area (Å²) in [4.78, 5) is 21.7. The lowest BCUT2D eigenvalue weighted by Gasteiger charge is -2.32. The number of thiazole rings is 1. The minimum Gasteiger partial charge on any atom is -0.464 e. The largest absolute Gasteiger partial charge is 0.464 e. The molecule has 182 valence electrons. The molecule has 1 N–H and O–H groups in total. The second-order valence-electron chi connectivity index (χ2n) is 9.31. The van der Waals surface area contributed by atoms with Crippen LogP contribution in [0.3, 0.4) is 0 Å². The topological polar surface area (TPSA) is 85.2 Å². The van der Waals surface area contributed by atoms with Crippen molar-refractivity contribution in [2.24, 2.45) is 13.0 Å². The van der Waals surface area contributed by atoms with Crippen LogP contribution in [0.2, 0.25) is 0 Å². The molecule has 33 heavy (non-hydrogen) atoms. The number of carbonyl (C=O) groups is 1. The van der Waals surface area contributed by atoms with Crippen LogP contribution in [-0.4, -0.2) is 62.4 Å². The minimum atomic E-state index is -2.85. The predicted molar refractivity (Wildman–Crippen MR) is 120 cm³/mol. The van der Waals surface area contributed by atoms with Crippen molar-refractivity contribution in [3.8, 4) is 5.19 Å². The summed E-state index contributed by atoms with van der Waals surface area (Å²) in [5.74, 6) is -2.17. The van der Waals surface area contributed by atoms with Crippen molar-refractivity contribution < 1.29 is 18.3 Å². The zero-order chi connectivity index (χ0) is 23.4. The van der Waals surface area contributed by atoms with E-state index in [2.05, 4.69) is 25.4 Å². The fourth-order valence-electron chi connectivity index (χ4n) is 4.54. The molecule has 1 saturated carbocycles. The molecular formula is C22H32F2N6O2S. The molecule has 4 rings (SSSR count). The van der Waals surface area contributed by atoms with Crippen LogP contribution in [-0.2, 0) is 31.2 Å². The van der Waals surface area contributed by atoms with Crippen molar-refractivity contribution in [1.29, 1.82) is 0 Å². The van der Waals surface area contributed by atoms with E-state index in [0.29, 0.717) is 16.8 Å². The second-order valence-corrected chi connectivity index (χ2v) is 10.4. The Balaban J connectivity index is 1.15. The van der Waals surface area contributed by atoms with E-state index < -0.39 is 12.5 Å². The number of rotatable bonds is 9. The average molecular weight is 483 g/mol. The summed E-state index contributed by atoms with van der Waals surface area (Å²) in [6.45, 7) is 2.95. The van der Waals surface area contributed by atoms with Crippen LogP contribution in [0.4, 0.5) is 8.78 Å². The maximum absolute atomic E-state index is 13.0. The van der Waals surface area contributed by atoms with Gasteiger partial charge in [-0.3, -0.25) is 9.69 Å². The van der Waals surface area contributed by atoms with Gasteiger partial charge in [0.15, 0.2) is 6.61 Å². The molecule has 2 aromatic heterocycles. The first kappa shape index (κ1) is 24.0. The summed E-state index contributed by atoms with van der Waals surface area (Å²) in [5, 5.41) is 11.7. The van der Waals surface area contributed by atoms with Gasteiger partial charge >= 0.3 is 0 Å². The van der Waals surface area contributed by atoms with Crippen molar-refractivity contribution in [2.75, 3.05) is 19.7 Å². The molecule has 1 fully saturated rings. The van der Waals surface area contributed by atoms with E-state index in [9.17, 15) is 13.6 Å². The Morgan fingerprint density at radius 1 is 1.33 bits per heavy atom. The van der Waals surface area contributed by atoms with E-state index in [1.165, 1.54) is 16.1 Å². The zero-order valence-corrected chi connectivity index (χ0v) is 20.0. The van der Waals surface area contributed by atoms with Crippen molar-refractivity contribution >= 4 is 17.2 Å². The van der Waals surface area contributed by atoms with Gasteiger partial charge in [0.25, 0.3) is 11.1 Å². The molecule has 2 aliphatic rings. The third-order valence-corrected chi connectivity index (χ3v) is 7.36. The summed E-state index contributed by atoms with van der Waals surface area (Å²) in [6.07, 6.45) is 8.18. The van der Waals surface area contributed by atoms with Crippen LogP contribution in [0, 0.1) is 5.92 Å². The van der Waals surface area contributed by atoms with E-state index in [1.807, 2.05) is 0 Å².